The quantitative estimate of drug-likeness (QED) is 0.357. The van der Waals surface area contributed by atoms with Gasteiger partial charge in [0.15, 0.2) is 0 Å². The summed E-state index contributed by atoms with van der Waals surface area (Å²) in [5.74, 6) is 0. The highest BCUT2D eigenvalue weighted by Crippen LogP contribution is 2.19. The molecule has 0 atom stereocenters. The maximum atomic E-state index is 6.22. The molecule has 0 bridgehead atoms. The molecule has 13 heavy (non-hydrogen) atoms. The van der Waals surface area contributed by atoms with Gasteiger partial charge in [0.1, 0.15) is 0 Å². The molecule has 0 radical (unpaired) electrons. The highest BCUT2D eigenvalue weighted by atomic mass is 35.6. The van der Waals surface area contributed by atoms with Crippen molar-refractivity contribution in [2.45, 2.75) is 32.7 Å². The summed E-state index contributed by atoms with van der Waals surface area (Å²) in [6, 6.07) is 0.647. The monoisotopic (exact) mass is 222 g/mol. The van der Waals surface area contributed by atoms with Gasteiger partial charge in [0.05, 0.1) is 0 Å². The first kappa shape index (κ1) is 13.2. The first-order valence-corrected chi connectivity index (χ1v) is 7.79. The molecule has 0 aliphatic rings. The Bertz CT molecular complexity index is 134. The Morgan fingerprint density at radius 2 is 1.69 bits per heavy atom. The Hall–Kier alpha value is 0.167. The minimum absolute atomic E-state index is 0.647. The fourth-order valence-corrected chi connectivity index (χ4v) is 3.31. The Morgan fingerprint density at radius 1 is 1.23 bits per heavy atom. The van der Waals surface area contributed by atoms with Crippen LogP contribution in [-0.2, 0) is 8.85 Å². The Morgan fingerprint density at radius 3 is 2.00 bits per heavy atom. The van der Waals surface area contributed by atoms with Gasteiger partial charge in [-0.3, -0.25) is 0 Å². The van der Waals surface area contributed by atoms with Gasteiger partial charge in [-0.2, -0.15) is 0 Å². The summed E-state index contributed by atoms with van der Waals surface area (Å²) < 4.78 is 11.1. The van der Waals surface area contributed by atoms with Crippen molar-refractivity contribution < 1.29 is 8.85 Å². The topological polar surface area (TPSA) is 18.5 Å². The van der Waals surface area contributed by atoms with Gasteiger partial charge in [-0.05, 0) is 12.8 Å². The highest BCUT2D eigenvalue weighted by Gasteiger charge is 2.33. The summed E-state index contributed by atoms with van der Waals surface area (Å²) >= 11 is 6.22. The second-order valence-corrected chi connectivity index (χ2v) is 6.88. The summed E-state index contributed by atoms with van der Waals surface area (Å²) in [5.41, 5.74) is 0. The van der Waals surface area contributed by atoms with Gasteiger partial charge >= 0.3 is 7.87 Å². The summed E-state index contributed by atoms with van der Waals surface area (Å²) in [6.45, 7) is 9.11. The van der Waals surface area contributed by atoms with E-state index in [1.54, 1.807) is 6.08 Å². The first-order chi connectivity index (χ1) is 6.18. The standard InChI is InChI=1S/C9H19ClO2Si/c1-4-7-11-13(10,9-6-3)12-8-5-2/h6H,3-5,7-9H2,1-2H3. The summed E-state index contributed by atoms with van der Waals surface area (Å²) in [7, 11) is -2.44. The molecule has 0 amide bonds. The Labute approximate surface area is 86.8 Å². The maximum Gasteiger partial charge on any atom is 0.447 e. The van der Waals surface area contributed by atoms with Gasteiger partial charge < -0.3 is 8.85 Å². The molecule has 2 nitrogen and oxygen atoms in total. The Kier molecular flexibility index (Phi) is 7.66. The van der Waals surface area contributed by atoms with E-state index in [1.165, 1.54) is 0 Å². The van der Waals surface area contributed by atoms with Gasteiger partial charge in [-0.15, -0.1) is 6.58 Å². The molecule has 0 saturated carbocycles. The average molecular weight is 223 g/mol. The number of hydrogen-bond donors (Lipinski definition) is 0. The van der Waals surface area contributed by atoms with Crippen molar-refractivity contribution in [2.24, 2.45) is 0 Å². The van der Waals surface area contributed by atoms with Crippen molar-refractivity contribution in [2.75, 3.05) is 13.2 Å². The third kappa shape index (κ3) is 6.27. The fourth-order valence-electron chi connectivity index (χ4n) is 0.841. The van der Waals surface area contributed by atoms with E-state index in [4.69, 9.17) is 19.9 Å². The molecule has 0 aliphatic carbocycles. The molecule has 0 aromatic rings. The van der Waals surface area contributed by atoms with E-state index >= 15 is 0 Å². The van der Waals surface area contributed by atoms with E-state index in [-0.39, 0.29) is 0 Å². The van der Waals surface area contributed by atoms with Crippen molar-refractivity contribution >= 4 is 18.9 Å². The van der Waals surface area contributed by atoms with Crippen LogP contribution in [0, 0.1) is 0 Å². The number of allylic oxidation sites excluding steroid dienone is 1. The molecule has 0 aromatic carbocycles. The van der Waals surface area contributed by atoms with E-state index in [0.717, 1.165) is 12.8 Å². The lowest BCUT2D eigenvalue weighted by atomic mass is 10.5. The average Bonchev–Trinajstić information content (AvgIpc) is 2.12. The zero-order valence-electron chi connectivity index (χ0n) is 8.51. The first-order valence-electron chi connectivity index (χ1n) is 4.76. The summed E-state index contributed by atoms with van der Waals surface area (Å²) in [6.07, 6.45) is 3.70. The van der Waals surface area contributed by atoms with E-state index in [2.05, 4.69) is 20.4 Å². The van der Waals surface area contributed by atoms with Crippen molar-refractivity contribution in [3.63, 3.8) is 0 Å². The molecule has 0 spiro atoms. The van der Waals surface area contributed by atoms with E-state index in [0.29, 0.717) is 19.3 Å². The van der Waals surface area contributed by atoms with Crippen LogP contribution >= 0.6 is 11.1 Å². The zero-order valence-corrected chi connectivity index (χ0v) is 10.3. The van der Waals surface area contributed by atoms with Crippen LogP contribution in [0.4, 0.5) is 0 Å². The lowest BCUT2D eigenvalue weighted by molar-refractivity contribution is 0.189. The van der Waals surface area contributed by atoms with Gasteiger partial charge in [0, 0.05) is 19.3 Å². The van der Waals surface area contributed by atoms with Gasteiger partial charge in [0.25, 0.3) is 0 Å². The zero-order chi connectivity index (χ0) is 10.2. The smallest absolute Gasteiger partial charge is 0.383 e. The van der Waals surface area contributed by atoms with E-state index in [9.17, 15) is 0 Å². The minimum atomic E-state index is -2.44. The molecule has 78 valence electrons. The predicted octanol–water partition coefficient (Wildman–Crippen LogP) is 3.20. The maximum absolute atomic E-state index is 6.22. The largest absolute Gasteiger partial charge is 0.447 e. The van der Waals surface area contributed by atoms with Crippen LogP contribution in [0.25, 0.3) is 0 Å². The lowest BCUT2D eigenvalue weighted by Gasteiger charge is -2.22. The lowest BCUT2D eigenvalue weighted by Crippen LogP contribution is -2.36. The fraction of sp³-hybridized carbons (Fsp3) is 0.778. The third-order valence-corrected chi connectivity index (χ3v) is 4.60. The number of halogens is 1. The number of hydrogen-bond acceptors (Lipinski definition) is 2. The molecule has 0 fully saturated rings. The molecule has 0 aromatic heterocycles. The summed E-state index contributed by atoms with van der Waals surface area (Å²) in [4.78, 5) is 0. The van der Waals surface area contributed by atoms with Crippen molar-refractivity contribution in [1.82, 2.24) is 0 Å². The molecule has 0 heterocycles. The van der Waals surface area contributed by atoms with Crippen molar-refractivity contribution in [3.05, 3.63) is 12.7 Å². The number of rotatable bonds is 8. The SMILES string of the molecule is C=CC[Si](Cl)(OCCC)OCCC. The normalized spacial score (nSPS) is 11.6. The summed E-state index contributed by atoms with van der Waals surface area (Å²) in [5, 5.41) is 0. The Balaban J connectivity index is 3.90. The van der Waals surface area contributed by atoms with Crippen molar-refractivity contribution in [1.29, 1.82) is 0 Å². The van der Waals surface area contributed by atoms with Crippen LogP contribution in [0.2, 0.25) is 6.04 Å². The highest BCUT2D eigenvalue weighted by molar-refractivity contribution is 7.13. The second kappa shape index (κ2) is 7.56. The van der Waals surface area contributed by atoms with Crippen LogP contribution in [-0.4, -0.2) is 21.1 Å². The molecule has 0 rings (SSSR count). The van der Waals surface area contributed by atoms with Crippen LogP contribution < -0.4 is 0 Å². The molecule has 0 unspecified atom stereocenters. The van der Waals surface area contributed by atoms with Crippen molar-refractivity contribution in [3.8, 4) is 0 Å². The molecular weight excluding hydrogens is 204 g/mol. The molecule has 0 aliphatic heterocycles. The predicted molar refractivity (Wildman–Crippen MR) is 59.1 cm³/mol. The molecular formula is C9H19ClO2Si. The van der Waals surface area contributed by atoms with Crippen LogP contribution in [0.15, 0.2) is 12.7 Å². The minimum Gasteiger partial charge on any atom is -0.383 e. The van der Waals surface area contributed by atoms with Crippen LogP contribution in [0.3, 0.4) is 0 Å². The molecule has 0 saturated heterocycles. The second-order valence-electron chi connectivity index (χ2n) is 2.85. The van der Waals surface area contributed by atoms with E-state index in [1.807, 2.05) is 0 Å². The van der Waals surface area contributed by atoms with Gasteiger partial charge in [-0.1, -0.05) is 31.0 Å². The molecule has 4 heteroatoms. The van der Waals surface area contributed by atoms with E-state index < -0.39 is 7.87 Å². The van der Waals surface area contributed by atoms with Gasteiger partial charge in [-0.25, -0.2) is 0 Å². The molecule has 0 N–H and O–H groups in total. The third-order valence-electron chi connectivity index (χ3n) is 1.43. The van der Waals surface area contributed by atoms with Gasteiger partial charge in [0.2, 0.25) is 0 Å². The van der Waals surface area contributed by atoms with Crippen LogP contribution in [0.1, 0.15) is 26.7 Å². The van der Waals surface area contributed by atoms with Crippen LogP contribution in [0.5, 0.6) is 0 Å².